The molecule has 0 aromatic carbocycles. The summed E-state index contributed by atoms with van der Waals surface area (Å²) in [5.41, 5.74) is 14.6. The minimum Gasteiger partial charge on any atom is -0.383 e. The second-order valence-corrected chi connectivity index (χ2v) is 10.4. The van der Waals surface area contributed by atoms with Gasteiger partial charge in [-0.1, -0.05) is 0 Å². The number of H-pyrrole nitrogens is 1. The number of nitrogens with zero attached hydrogens (tertiary/aromatic N) is 5. The molecule has 4 aromatic rings. The van der Waals surface area contributed by atoms with Gasteiger partial charge in [0.2, 0.25) is 5.91 Å². The van der Waals surface area contributed by atoms with Gasteiger partial charge < -0.3 is 50.2 Å². The number of amides is 1. The molecule has 0 saturated carbocycles. The molecular formula is C31H47N9O7. The fourth-order valence-electron chi connectivity index (χ4n) is 4.61. The highest BCUT2D eigenvalue weighted by atomic mass is 16.6. The van der Waals surface area contributed by atoms with Crippen molar-refractivity contribution in [2.24, 2.45) is 5.73 Å². The van der Waals surface area contributed by atoms with Crippen molar-refractivity contribution in [1.29, 1.82) is 0 Å². The van der Waals surface area contributed by atoms with E-state index in [0.29, 0.717) is 128 Å². The van der Waals surface area contributed by atoms with Crippen LogP contribution >= 0.6 is 0 Å². The van der Waals surface area contributed by atoms with E-state index in [1.807, 2.05) is 23.0 Å². The average molecular weight is 658 g/mol. The molecule has 0 atom stereocenters. The predicted octanol–water partition coefficient (Wildman–Crippen LogP) is 1.30. The molecule has 4 aromatic heterocycles. The molecule has 0 saturated heterocycles. The molecule has 0 aliphatic rings. The van der Waals surface area contributed by atoms with Gasteiger partial charge in [0.25, 0.3) is 0 Å². The number of anilines is 1. The molecule has 6 N–H and O–H groups in total. The number of carbonyl (C=O) groups excluding carboxylic acids is 1. The zero-order valence-electron chi connectivity index (χ0n) is 26.9. The first-order valence-corrected chi connectivity index (χ1v) is 16.0. The first-order valence-electron chi connectivity index (χ1n) is 16.0. The number of hydrogen-bond donors (Lipinski definition) is 4. The van der Waals surface area contributed by atoms with E-state index in [0.717, 1.165) is 29.4 Å². The molecule has 0 unspecified atom stereocenters. The lowest BCUT2D eigenvalue weighted by atomic mass is 10.1. The van der Waals surface area contributed by atoms with Gasteiger partial charge in [-0.15, -0.1) is 0 Å². The van der Waals surface area contributed by atoms with E-state index in [2.05, 4.69) is 25.3 Å². The topological polar surface area (TPSA) is 209 Å². The summed E-state index contributed by atoms with van der Waals surface area (Å²) in [6, 6.07) is 3.98. The number of aryl methyl sites for hydroxylation is 1. The number of nitrogens with one attached hydrogen (secondary N) is 2. The monoisotopic (exact) mass is 657 g/mol. The van der Waals surface area contributed by atoms with Crippen LogP contribution in [0.2, 0.25) is 0 Å². The number of fused-ring (bicyclic) bond motifs is 2. The summed E-state index contributed by atoms with van der Waals surface area (Å²) in [7, 11) is 0. The van der Waals surface area contributed by atoms with Gasteiger partial charge in [0.05, 0.1) is 84.7 Å². The highest BCUT2D eigenvalue weighted by molar-refractivity contribution is 5.99. The molecule has 4 rings (SSSR count). The van der Waals surface area contributed by atoms with Crippen molar-refractivity contribution < 1.29 is 33.2 Å². The van der Waals surface area contributed by atoms with Crippen LogP contribution in [0.3, 0.4) is 0 Å². The van der Waals surface area contributed by atoms with E-state index in [4.69, 9.17) is 45.0 Å². The molecule has 0 aliphatic carbocycles. The van der Waals surface area contributed by atoms with E-state index < -0.39 is 0 Å². The minimum absolute atomic E-state index is 0.0513. The number of nitrogens with two attached hydrogens (primary N) is 2. The van der Waals surface area contributed by atoms with Crippen LogP contribution in [0.4, 0.5) is 5.82 Å². The van der Waals surface area contributed by atoms with E-state index in [9.17, 15) is 4.79 Å². The molecule has 47 heavy (non-hydrogen) atoms. The Morgan fingerprint density at radius 1 is 0.830 bits per heavy atom. The molecule has 0 fully saturated rings. The fourth-order valence-corrected chi connectivity index (χ4v) is 4.61. The zero-order valence-corrected chi connectivity index (χ0v) is 26.9. The molecule has 0 aliphatic heterocycles. The van der Waals surface area contributed by atoms with Crippen LogP contribution in [0, 0.1) is 0 Å². The Balaban J connectivity index is 0.981. The number of ether oxygens (including phenoxy) is 6. The smallest absolute Gasteiger partial charge is 0.222 e. The van der Waals surface area contributed by atoms with Crippen LogP contribution < -0.4 is 16.8 Å². The van der Waals surface area contributed by atoms with Crippen LogP contribution in [0.15, 0.2) is 30.9 Å². The fraction of sp³-hybridized carbons (Fsp3) is 0.581. The third-order valence-corrected chi connectivity index (χ3v) is 6.95. The van der Waals surface area contributed by atoms with Gasteiger partial charge in [0, 0.05) is 49.4 Å². The summed E-state index contributed by atoms with van der Waals surface area (Å²) in [6.45, 7) is 7.44. The lowest BCUT2D eigenvalue weighted by molar-refractivity contribution is -0.122. The van der Waals surface area contributed by atoms with Crippen LogP contribution in [-0.4, -0.2) is 128 Å². The first-order chi connectivity index (χ1) is 23.2. The van der Waals surface area contributed by atoms with Crippen molar-refractivity contribution >= 4 is 33.8 Å². The SMILES string of the molecule is NCCOCCOCCOCCOCCOCCOCCC(=O)NCCCCn1nc(-c2cnc3[nH]ccc3c2)c2c(N)ncnc21. The summed E-state index contributed by atoms with van der Waals surface area (Å²) in [4.78, 5) is 28.4. The minimum atomic E-state index is -0.0513. The van der Waals surface area contributed by atoms with Crippen molar-refractivity contribution in [1.82, 2.24) is 35.0 Å². The number of rotatable bonds is 26. The third-order valence-electron chi connectivity index (χ3n) is 6.95. The summed E-state index contributed by atoms with van der Waals surface area (Å²) in [5.74, 6) is 0.321. The number of hydrogen-bond acceptors (Lipinski definition) is 13. The highest BCUT2D eigenvalue weighted by Gasteiger charge is 2.17. The Hall–Kier alpha value is -3.77. The second kappa shape index (κ2) is 21.2. The lowest BCUT2D eigenvalue weighted by Gasteiger charge is -2.08. The van der Waals surface area contributed by atoms with E-state index in [1.54, 1.807) is 6.20 Å². The van der Waals surface area contributed by atoms with Crippen molar-refractivity contribution in [3.05, 3.63) is 30.9 Å². The molecule has 0 spiro atoms. The molecule has 16 heteroatoms. The first kappa shape index (κ1) is 36.1. The summed E-state index contributed by atoms with van der Waals surface area (Å²) < 4.78 is 34.3. The Kier molecular flexibility index (Phi) is 16.2. The molecule has 0 radical (unpaired) electrons. The molecule has 1 amide bonds. The number of pyridine rings is 1. The van der Waals surface area contributed by atoms with E-state index in [1.165, 1.54) is 6.33 Å². The number of aromatic nitrogens is 6. The maximum atomic E-state index is 12.2. The Morgan fingerprint density at radius 2 is 1.47 bits per heavy atom. The molecule has 0 bridgehead atoms. The second-order valence-electron chi connectivity index (χ2n) is 10.4. The number of nitrogen functional groups attached to an aromatic ring is 1. The Labute approximate surface area is 273 Å². The van der Waals surface area contributed by atoms with Gasteiger partial charge >= 0.3 is 0 Å². The Bertz CT molecular complexity index is 1470. The summed E-state index contributed by atoms with van der Waals surface area (Å²) >= 11 is 0. The third kappa shape index (κ3) is 12.4. The van der Waals surface area contributed by atoms with Crippen LogP contribution in [0.25, 0.3) is 33.3 Å². The maximum Gasteiger partial charge on any atom is 0.222 e. The number of aromatic amines is 1. The van der Waals surface area contributed by atoms with Gasteiger partial charge in [-0.3, -0.25) is 4.79 Å². The van der Waals surface area contributed by atoms with Crippen LogP contribution in [-0.2, 0) is 39.8 Å². The zero-order chi connectivity index (χ0) is 32.9. The summed E-state index contributed by atoms with van der Waals surface area (Å²) in [5, 5.41) is 9.43. The standard InChI is InChI=1S/C31H47N9O7/c32-5-10-43-12-14-45-16-18-47-20-19-46-17-15-44-13-11-42-9-4-26(41)34-6-1-2-8-40-31-27(29(33)37-23-38-31)28(39-40)25-21-24-3-7-35-30(24)36-22-25/h3,7,21-23H,1-2,4-6,8-20,32H2,(H,34,41)(H,35,36)(H2,33,37,38). The van der Waals surface area contributed by atoms with Crippen LogP contribution in [0.5, 0.6) is 0 Å². The van der Waals surface area contributed by atoms with Gasteiger partial charge in [-0.2, -0.15) is 5.10 Å². The van der Waals surface area contributed by atoms with Gasteiger partial charge in [-0.05, 0) is 25.0 Å². The largest absolute Gasteiger partial charge is 0.383 e. The molecular weight excluding hydrogens is 610 g/mol. The van der Waals surface area contributed by atoms with Crippen molar-refractivity contribution in [3.8, 4) is 11.3 Å². The van der Waals surface area contributed by atoms with Gasteiger partial charge in [0.1, 0.15) is 23.5 Å². The maximum absolute atomic E-state index is 12.2. The van der Waals surface area contributed by atoms with E-state index in [-0.39, 0.29) is 5.91 Å². The number of carbonyl (C=O) groups is 1. The molecule has 4 heterocycles. The van der Waals surface area contributed by atoms with Gasteiger partial charge in [-0.25, -0.2) is 19.6 Å². The van der Waals surface area contributed by atoms with Gasteiger partial charge in [0.15, 0.2) is 5.65 Å². The molecule has 258 valence electrons. The van der Waals surface area contributed by atoms with Crippen molar-refractivity contribution in [2.75, 3.05) is 98.1 Å². The number of unbranched alkanes of at least 4 members (excludes halogenated alkanes) is 1. The van der Waals surface area contributed by atoms with Crippen LogP contribution in [0.1, 0.15) is 19.3 Å². The highest BCUT2D eigenvalue weighted by Crippen LogP contribution is 2.31. The van der Waals surface area contributed by atoms with Crippen molar-refractivity contribution in [3.63, 3.8) is 0 Å². The Morgan fingerprint density at radius 3 is 2.13 bits per heavy atom. The quantitative estimate of drug-likeness (QED) is 0.0703. The predicted molar refractivity (Wildman–Crippen MR) is 176 cm³/mol. The normalized spacial score (nSPS) is 11.6. The lowest BCUT2D eigenvalue weighted by Crippen LogP contribution is -2.26. The molecule has 16 nitrogen and oxygen atoms in total. The summed E-state index contributed by atoms with van der Waals surface area (Å²) in [6.07, 6.45) is 6.92. The van der Waals surface area contributed by atoms with E-state index >= 15 is 0 Å². The average Bonchev–Trinajstić information content (AvgIpc) is 3.71. The van der Waals surface area contributed by atoms with Crippen molar-refractivity contribution in [2.45, 2.75) is 25.8 Å².